The Kier molecular flexibility index (Phi) is 5.45. The minimum Gasteiger partial charge on any atom is -0.481 e. The third kappa shape index (κ3) is 4.85. The molecule has 0 bridgehead atoms. The number of rotatable bonds is 6. The van der Waals surface area contributed by atoms with Crippen LogP contribution in [-0.2, 0) is 9.59 Å². The molecule has 1 amide bonds. The maximum absolute atomic E-state index is 11.7. The van der Waals surface area contributed by atoms with Crippen molar-refractivity contribution in [1.82, 2.24) is 0 Å². The van der Waals surface area contributed by atoms with E-state index in [9.17, 15) is 19.7 Å². The number of anilines is 1. The number of nitro groups is 1. The first-order valence-corrected chi connectivity index (χ1v) is 6.13. The summed E-state index contributed by atoms with van der Waals surface area (Å²) in [5.41, 5.74) is 0.0806. The van der Waals surface area contributed by atoms with Gasteiger partial charge in [0, 0.05) is 25.0 Å². The lowest BCUT2D eigenvalue weighted by molar-refractivity contribution is -0.384. The summed E-state index contributed by atoms with van der Waals surface area (Å²) in [5, 5.41) is 21.7. The van der Waals surface area contributed by atoms with Gasteiger partial charge in [-0.2, -0.15) is 0 Å². The van der Waals surface area contributed by atoms with E-state index in [1.54, 1.807) is 6.92 Å². The quantitative estimate of drug-likeness (QED) is 0.620. The molecule has 0 saturated carbocycles. The van der Waals surface area contributed by atoms with Gasteiger partial charge in [-0.15, -0.1) is 0 Å². The molecule has 0 aromatic heterocycles. The van der Waals surface area contributed by atoms with Crippen LogP contribution in [0.3, 0.4) is 0 Å². The molecule has 8 heteroatoms. The van der Waals surface area contributed by atoms with Crippen LogP contribution in [0.2, 0.25) is 5.02 Å². The SMILES string of the molecule is CC(CC(=O)O)CC(=O)Nc1ccc([N+](=O)[O-])cc1Cl. The van der Waals surface area contributed by atoms with Gasteiger partial charge in [0.05, 0.1) is 15.6 Å². The Bertz CT molecular complexity index is 547. The molecule has 0 aliphatic rings. The number of halogens is 1. The van der Waals surface area contributed by atoms with Crippen LogP contribution < -0.4 is 5.32 Å². The molecule has 0 saturated heterocycles. The van der Waals surface area contributed by atoms with Gasteiger partial charge in [0.1, 0.15) is 0 Å². The lowest BCUT2D eigenvalue weighted by atomic mass is 10.0. The number of benzene rings is 1. The van der Waals surface area contributed by atoms with E-state index in [-0.39, 0.29) is 35.2 Å². The van der Waals surface area contributed by atoms with Crippen molar-refractivity contribution in [3.63, 3.8) is 0 Å². The Hall–Kier alpha value is -2.15. The summed E-state index contributed by atoms with van der Waals surface area (Å²) in [4.78, 5) is 32.1. The maximum Gasteiger partial charge on any atom is 0.303 e. The molecular weight excluding hydrogens is 288 g/mol. The van der Waals surface area contributed by atoms with Gasteiger partial charge in [0.25, 0.3) is 5.69 Å². The third-order valence-electron chi connectivity index (χ3n) is 2.49. The Labute approximate surface area is 119 Å². The molecule has 108 valence electrons. The van der Waals surface area contributed by atoms with Crippen LogP contribution in [0, 0.1) is 16.0 Å². The Morgan fingerprint density at radius 1 is 1.45 bits per heavy atom. The number of aliphatic carboxylic acids is 1. The summed E-state index contributed by atoms with van der Waals surface area (Å²) in [6.07, 6.45) is -0.0823. The second kappa shape index (κ2) is 6.85. The lowest BCUT2D eigenvalue weighted by Gasteiger charge is -2.10. The molecule has 2 N–H and O–H groups in total. The van der Waals surface area contributed by atoms with Gasteiger partial charge in [-0.05, 0) is 12.0 Å². The van der Waals surface area contributed by atoms with Crippen LogP contribution >= 0.6 is 11.6 Å². The first kappa shape index (κ1) is 15.9. The van der Waals surface area contributed by atoms with E-state index in [0.29, 0.717) is 0 Å². The molecule has 1 aromatic carbocycles. The zero-order valence-corrected chi connectivity index (χ0v) is 11.4. The number of carboxylic acids is 1. The van der Waals surface area contributed by atoms with Crippen molar-refractivity contribution in [3.05, 3.63) is 33.3 Å². The molecule has 1 unspecified atom stereocenters. The topological polar surface area (TPSA) is 110 Å². The van der Waals surface area contributed by atoms with Crippen molar-refractivity contribution in [2.45, 2.75) is 19.8 Å². The van der Waals surface area contributed by atoms with Crippen molar-refractivity contribution in [3.8, 4) is 0 Å². The summed E-state index contributed by atoms with van der Waals surface area (Å²) in [7, 11) is 0. The number of nitrogens with zero attached hydrogens (tertiary/aromatic N) is 1. The van der Waals surface area contributed by atoms with Crippen molar-refractivity contribution in [2.24, 2.45) is 5.92 Å². The van der Waals surface area contributed by atoms with Crippen molar-refractivity contribution in [2.75, 3.05) is 5.32 Å². The highest BCUT2D eigenvalue weighted by Crippen LogP contribution is 2.27. The Balaban J connectivity index is 2.67. The number of hydrogen-bond donors (Lipinski definition) is 2. The summed E-state index contributed by atoms with van der Waals surface area (Å²) in [5.74, 6) is -1.68. The molecule has 1 atom stereocenters. The number of nitro benzene ring substituents is 1. The molecule has 0 radical (unpaired) electrons. The Morgan fingerprint density at radius 3 is 2.60 bits per heavy atom. The molecule has 0 aliphatic carbocycles. The first-order valence-electron chi connectivity index (χ1n) is 5.75. The van der Waals surface area contributed by atoms with Crippen LogP contribution in [0.5, 0.6) is 0 Å². The second-order valence-electron chi connectivity index (χ2n) is 4.38. The number of carbonyl (C=O) groups excluding carboxylic acids is 1. The summed E-state index contributed by atoms with van der Waals surface area (Å²) >= 11 is 5.83. The first-order chi connectivity index (χ1) is 9.29. The largest absolute Gasteiger partial charge is 0.481 e. The molecule has 1 rings (SSSR count). The second-order valence-corrected chi connectivity index (χ2v) is 4.78. The van der Waals surface area contributed by atoms with Crippen LogP contribution in [-0.4, -0.2) is 21.9 Å². The highest BCUT2D eigenvalue weighted by atomic mass is 35.5. The van der Waals surface area contributed by atoms with Crippen LogP contribution in [0.15, 0.2) is 18.2 Å². The average Bonchev–Trinajstić information content (AvgIpc) is 2.30. The normalized spacial score (nSPS) is 11.7. The number of carbonyl (C=O) groups is 2. The predicted octanol–water partition coefficient (Wildman–Crippen LogP) is 2.69. The van der Waals surface area contributed by atoms with Crippen molar-refractivity contribution < 1.29 is 19.6 Å². The number of hydrogen-bond acceptors (Lipinski definition) is 4. The molecule has 1 aromatic rings. The van der Waals surface area contributed by atoms with Gasteiger partial charge >= 0.3 is 5.97 Å². The van der Waals surface area contributed by atoms with E-state index < -0.39 is 16.8 Å². The maximum atomic E-state index is 11.7. The van der Waals surface area contributed by atoms with E-state index in [4.69, 9.17) is 16.7 Å². The number of amides is 1. The fourth-order valence-electron chi connectivity index (χ4n) is 1.61. The van der Waals surface area contributed by atoms with Crippen molar-refractivity contribution >= 4 is 34.9 Å². The van der Waals surface area contributed by atoms with Gasteiger partial charge in [-0.3, -0.25) is 19.7 Å². The van der Waals surface area contributed by atoms with E-state index in [1.807, 2.05) is 0 Å². The van der Waals surface area contributed by atoms with E-state index in [0.717, 1.165) is 6.07 Å². The summed E-state index contributed by atoms with van der Waals surface area (Å²) in [6.45, 7) is 1.64. The molecule has 7 nitrogen and oxygen atoms in total. The average molecular weight is 301 g/mol. The zero-order chi connectivity index (χ0) is 15.3. The van der Waals surface area contributed by atoms with E-state index >= 15 is 0 Å². The fourth-order valence-corrected chi connectivity index (χ4v) is 1.83. The molecule has 0 fully saturated rings. The highest BCUT2D eigenvalue weighted by molar-refractivity contribution is 6.33. The van der Waals surface area contributed by atoms with Gasteiger partial charge in [-0.1, -0.05) is 18.5 Å². The van der Waals surface area contributed by atoms with Gasteiger partial charge in [0.15, 0.2) is 0 Å². The van der Waals surface area contributed by atoms with E-state index in [2.05, 4.69) is 5.32 Å². The van der Waals surface area contributed by atoms with Crippen molar-refractivity contribution in [1.29, 1.82) is 0 Å². The van der Waals surface area contributed by atoms with E-state index in [1.165, 1.54) is 12.1 Å². The van der Waals surface area contributed by atoms with Gasteiger partial charge in [0.2, 0.25) is 5.91 Å². The van der Waals surface area contributed by atoms with Crippen LogP contribution in [0.4, 0.5) is 11.4 Å². The standard InChI is InChI=1S/C12H13ClN2O5/c1-7(5-12(17)18)4-11(16)14-10-3-2-8(15(19)20)6-9(10)13/h2-3,6-7H,4-5H2,1H3,(H,14,16)(H,17,18). The fraction of sp³-hybridized carbons (Fsp3) is 0.333. The van der Waals surface area contributed by atoms with Gasteiger partial charge in [-0.25, -0.2) is 0 Å². The molecule has 0 heterocycles. The number of carboxylic acid groups (broad SMARTS) is 1. The predicted molar refractivity (Wildman–Crippen MR) is 72.8 cm³/mol. The monoisotopic (exact) mass is 300 g/mol. The Morgan fingerprint density at radius 2 is 2.10 bits per heavy atom. The number of nitrogens with one attached hydrogen (secondary N) is 1. The third-order valence-corrected chi connectivity index (χ3v) is 2.81. The minimum absolute atomic E-state index is 0.0274. The summed E-state index contributed by atoms with van der Waals surface area (Å²) in [6, 6.07) is 3.69. The van der Waals surface area contributed by atoms with Crippen LogP contribution in [0.1, 0.15) is 19.8 Å². The minimum atomic E-state index is -0.973. The molecular formula is C12H13ClN2O5. The highest BCUT2D eigenvalue weighted by Gasteiger charge is 2.15. The van der Waals surface area contributed by atoms with Crippen LogP contribution in [0.25, 0.3) is 0 Å². The molecule has 0 aliphatic heterocycles. The molecule has 0 spiro atoms. The molecule has 20 heavy (non-hydrogen) atoms. The smallest absolute Gasteiger partial charge is 0.303 e. The lowest BCUT2D eigenvalue weighted by Crippen LogP contribution is -2.17. The van der Waals surface area contributed by atoms with Gasteiger partial charge < -0.3 is 10.4 Å². The zero-order valence-electron chi connectivity index (χ0n) is 10.6. The summed E-state index contributed by atoms with van der Waals surface area (Å²) < 4.78 is 0. The number of non-ortho nitro benzene ring substituents is 1.